The van der Waals surface area contributed by atoms with Crippen molar-refractivity contribution in [2.45, 2.75) is 51.6 Å². The minimum atomic E-state index is -1.02. The molecule has 0 spiro atoms. The van der Waals surface area contributed by atoms with Gasteiger partial charge in [0, 0.05) is 12.5 Å². The summed E-state index contributed by atoms with van der Waals surface area (Å²) in [6.07, 6.45) is 2.34. The normalized spacial score (nSPS) is 16.4. The molecule has 24 heavy (non-hydrogen) atoms. The highest BCUT2D eigenvalue weighted by atomic mass is 16.3. The second-order valence-electron chi connectivity index (χ2n) is 6.78. The van der Waals surface area contributed by atoms with Crippen LogP contribution in [0.4, 0.5) is 0 Å². The molecular formula is C22H30O2. The van der Waals surface area contributed by atoms with Crippen molar-refractivity contribution in [1.82, 2.24) is 0 Å². The average Bonchev–Trinajstić information content (AvgIpc) is 2.65. The van der Waals surface area contributed by atoms with E-state index in [0.717, 1.165) is 17.5 Å². The number of benzene rings is 2. The lowest BCUT2D eigenvalue weighted by atomic mass is 9.76. The number of hydrogen-bond donors (Lipinski definition) is 2. The summed E-state index contributed by atoms with van der Waals surface area (Å²) in [5.41, 5.74) is 2.31. The minimum absolute atomic E-state index is 0.0354. The van der Waals surface area contributed by atoms with Gasteiger partial charge in [0.05, 0.1) is 5.60 Å². The summed E-state index contributed by atoms with van der Waals surface area (Å²) in [4.78, 5) is 0. The smallest absolute Gasteiger partial charge is 0.0947 e. The first-order valence-electron chi connectivity index (χ1n) is 9.02. The van der Waals surface area contributed by atoms with Gasteiger partial charge in [0.2, 0.25) is 0 Å². The molecule has 0 aromatic heterocycles. The molecule has 2 rings (SSSR count). The minimum Gasteiger partial charge on any atom is -0.396 e. The van der Waals surface area contributed by atoms with Crippen molar-refractivity contribution in [2.24, 2.45) is 5.92 Å². The molecular weight excluding hydrogens is 296 g/mol. The van der Waals surface area contributed by atoms with Crippen LogP contribution in [-0.4, -0.2) is 16.8 Å². The van der Waals surface area contributed by atoms with Gasteiger partial charge in [-0.15, -0.1) is 0 Å². The highest BCUT2D eigenvalue weighted by Crippen LogP contribution is 2.36. The predicted molar refractivity (Wildman–Crippen MR) is 100 cm³/mol. The quantitative estimate of drug-likeness (QED) is 0.741. The molecule has 0 amide bonds. The van der Waals surface area contributed by atoms with E-state index in [0.29, 0.717) is 18.8 Å². The van der Waals surface area contributed by atoms with Crippen molar-refractivity contribution in [2.75, 3.05) is 6.61 Å². The third-order valence-electron chi connectivity index (χ3n) is 5.35. The van der Waals surface area contributed by atoms with E-state index in [-0.39, 0.29) is 12.5 Å². The molecule has 0 heterocycles. The second-order valence-corrected chi connectivity index (χ2v) is 6.78. The Bertz CT molecular complexity index is 606. The SMILES string of the molecule is CCC(C)c1ccc(C(O)(CC)C(CO)Cc2ccccc2)cc1. The van der Waals surface area contributed by atoms with Crippen LogP contribution in [0.15, 0.2) is 54.6 Å². The highest BCUT2D eigenvalue weighted by Gasteiger charge is 2.36. The Hall–Kier alpha value is -1.64. The third kappa shape index (κ3) is 4.06. The first-order chi connectivity index (χ1) is 11.5. The Kier molecular flexibility index (Phi) is 6.59. The zero-order chi connectivity index (χ0) is 17.6. The van der Waals surface area contributed by atoms with Crippen molar-refractivity contribution in [1.29, 1.82) is 0 Å². The fraction of sp³-hybridized carbons (Fsp3) is 0.455. The first kappa shape index (κ1) is 18.7. The molecule has 2 aromatic rings. The van der Waals surface area contributed by atoms with Crippen molar-refractivity contribution < 1.29 is 10.2 Å². The van der Waals surface area contributed by atoms with Gasteiger partial charge in [-0.1, -0.05) is 75.4 Å². The maximum Gasteiger partial charge on any atom is 0.0947 e. The Morgan fingerprint density at radius 3 is 2.08 bits per heavy atom. The molecule has 0 aliphatic carbocycles. The average molecular weight is 326 g/mol. The molecule has 0 aliphatic heterocycles. The van der Waals surface area contributed by atoms with E-state index in [1.807, 2.05) is 49.4 Å². The van der Waals surface area contributed by atoms with Crippen LogP contribution in [0.5, 0.6) is 0 Å². The summed E-state index contributed by atoms with van der Waals surface area (Å²) in [7, 11) is 0. The van der Waals surface area contributed by atoms with Gasteiger partial charge in [-0.2, -0.15) is 0 Å². The molecule has 130 valence electrons. The fourth-order valence-corrected chi connectivity index (χ4v) is 3.35. The van der Waals surface area contributed by atoms with Crippen LogP contribution < -0.4 is 0 Å². The third-order valence-corrected chi connectivity index (χ3v) is 5.35. The van der Waals surface area contributed by atoms with Crippen molar-refractivity contribution in [3.8, 4) is 0 Å². The molecule has 0 bridgehead atoms. The Morgan fingerprint density at radius 1 is 0.958 bits per heavy atom. The molecule has 0 fully saturated rings. The van der Waals surface area contributed by atoms with E-state index in [2.05, 4.69) is 26.0 Å². The standard InChI is InChI=1S/C22H30O2/c1-4-17(3)19-11-13-20(14-12-19)22(24,5-2)21(16-23)15-18-9-7-6-8-10-18/h6-14,17,21,23-24H,4-5,15-16H2,1-3H3. The molecule has 0 saturated carbocycles. The summed E-state index contributed by atoms with van der Waals surface area (Å²) >= 11 is 0. The molecule has 2 N–H and O–H groups in total. The Balaban J connectivity index is 2.27. The van der Waals surface area contributed by atoms with Crippen LogP contribution in [0, 0.1) is 5.92 Å². The van der Waals surface area contributed by atoms with Gasteiger partial charge in [-0.3, -0.25) is 0 Å². The predicted octanol–water partition coefficient (Wildman–Crippen LogP) is 4.65. The molecule has 0 radical (unpaired) electrons. The van der Waals surface area contributed by atoms with Gasteiger partial charge in [0.15, 0.2) is 0 Å². The zero-order valence-corrected chi connectivity index (χ0v) is 15.1. The van der Waals surface area contributed by atoms with E-state index < -0.39 is 5.60 Å². The van der Waals surface area contributed by atoms with E-state index in [9.17, 15) is 10.2 Å². The molecule has 3 atom stereocenters. The van der Waals surface area contributed by atoms with Crippen LogP contribution in [-0.2, 0) is 12.0 Å². The Labute approximate surface area is 146 Å². The molecule has 0 saturated heterocycles. The summed E-state index contributed by atoms with van der Waals surface area (Å²) in [6.45, 7) is 6.35. The monoisotopic (exact) mass is 326 g/mol. The molecule has 2 nitrogen and oxygen atoms in total. The second kappa shape index (κ2) is 8.46. The van der Waals surface area contributed by atoms with Crippen LogP contribution in [0.1, 0.15) is 56.2 Å². The van der Waals surface area contributed by atoms with E-state index in [1.54, 1.807) is 0 Å². The van der Waals surface area contributed by atoms with Crippen LogP contribution in [0.3, 0.4) is 0 Å². The topological polar surface area (TPSA) is 40.5 Å². The summed E-state index contributed by atoms with van der Waals surface area (Å²) in [6, 6.07) is 18.3. The Morgan fingerprint density at radius 2 is 1.58 bits per heavy atom. The lowest BCUT2D eigenvalue weighted by Gasteiger charge is -2.35. The number of rotatable bonds is 8. The van der Waals surface area contributed by atoms with Gasteiger partial charge in [0.25, 0.3) is 0 Å². The zero-order valence-electron chi connectivity index (χ0n) is 15.1. The van der Waals surface area contributed by atoms with E-state index in [4.69, 9.17) is 0 Å². The van der Waals surface area contributed by atoms with Gasteiger partial charge >= 0.3 is 0 Å². The maximum atomic E-state index is 11.3. The maximum absolute atomic E-state index is 11.3. The highest BCUT2D eigenvalue weighted by molar-refractivity contribution is 5.30. The fourth-order valence-electron chi connectivity index (χ4n) is 3.35. The van der Waals surface area contributed by atoms with Gasteiger partial charge < -0.3 is 10.2 Å². The van der Waals surface area contributed by atoms with Gasteiger partial charge in [-0.05, 0) is 41.9 Å². The largest absolute Gasteiger partial charge is 0.396 e. The lowest BCUT2D eigenvalue weighted by molar-refractivity contribution is -0.0485. The summed E-state index contributed by atoms with van der Waals surface area (Å²) in [5, 5.41) is 21.3. The van der Waals surface area contributed by atoms with Crippen molar-refractivity contribution in [3.05, 3.63) is 71.3 Å². The summed E-state index contributed by atoms with van der Waals surface area (Å²) < 4.78 is 0. The molecule has 3 unspecified atom stereocenters. The van der Waals surface area contributed by atoms with Crippen molar-refractivity contribution in [3.63, 3.8) is 0 Å². The van der Waals surface area contributed by atoms with E-state index in [1.165, 1.54) is 5.56 Å². The molecule has 2 heteroatoms. The van der Waals surface area contributed by atoms with Gasteiger partial charge in [0.1, 0.15) is 0 Å². The number of aliphatic hydroxyl groups excluding tert-OH is 1. The van der Waals surface area contributed by atoms with Crippen LogP contribution in [0.25, 0.3) is 0 Å². The molecule has 2 aromatic carbocycles. The van der Waals surface area contributed by atoms with E-state index >= 15 is 0 Å². The first-order valence-corrected chi connectivity index (χ1v) is 9.02. The number of aliphatic hydroxyl groups is 2. The molecule has 0 aliphatic rings. The summed E-state index contributed by atoms with van der Waals surface area (Å²) in [5.74, 6) is 0.297. The lowest BCUT2D eigenvalue weighted by Crippen LogP contribution is -2.38. The van der Waals surface area contributed by atoms with Gasteiger partial charge in [-0.25, -0.2) is 0 Å². The van der Waals surface area contributed by atoms with Crippen molar-refractivity contribution >= 4 is 0 Å². The van der Waals surface area contributed by atoms with Crippen LogP contribution >= 0.6 is 0 Å². The van der Waals surface area contributed by atoms with Crippen LogP contribution in [0.2, 0.25) is 0 Å². The number of hydrogen-bond acceptors (Lipinski definition) is 2.